The van der Waals surface area contributed by atoms with Gasteiger partial charge in [0.05, 0.1) is 0 Å². The van der Waals surface area contributed by atoms with Crippen molar-refractivity contribution in [3.05, 3.63) is 0 Å². The number of rotatable bonds is 0. The number of nitrogens with one attached hydrogen (secondary N) is 1. The zero-order chi connectivity index (χ0) is 9.98. The van der Waals surface area contributed by atoms with Crippen LogP contribution < -0.4 is 5.32 Å². The molecule has 0 aromatic carbocycles. The molecule has 1 aliphatic heterocycles. The number of halogens is 1. The Hall–Kier alpha value is -0.600. The summed E-state index contributed by atoms with van der Waals surface area (Å²) < 4.78 is 11.9. The van der Waals surface area contributed by atoms with Gasteiger partial charge in [0, 0.05) is 13.0 Å². The Bertz CT molecular complexity index is 107. The van der Waals surface area contributed by atoms with Gasteiger partial charge >= 0.3 is 0 Å². The second-order valence-electron chi connectivity index (χ2n) is 2.25. The summed E-state index contributed by atoms with van der Waals surface area (Å²) in [7, 11) is 0. The Morgan fingerprint density at radius 3 is 2.00 bits per heavy atom. The van der Waals surface area contributed by atoms with Gasteiger partial charge in [0.2, 0.25) is 0 Å². The fourth-order valence-corrected chi connectivity index (χ4v) is 0.564. The Labute approximate surface area is 74.5 Å². The smallest absolute Gasteiger partial charge is 0.254 e. The minimum atomic E-state index is -1.24. The van der Waals surface area contributed by atoms with Crippen molar-refractivity contribution in [1.82, 2.24) is 5.32 Å². The van der Waals surface area contributed by atoms with Crippen molar-refractivity contribution in [3.8, 4) is 0 Å². The lowest BCUT2D eigenvalue weighted by atomic mass is 10.3. The van der Waals surface area contributed by atoms with Crippen molar-refractivity contribution in [1.29, 1.82) is 0 Å². The molecule has 0 spiro atoms. The van der Waals surface area contributed by atoms with Gasteiger partial charge in [-0.2, -0.15) is 0 Å². The van der Waals surface area contributed by atoms with Crippen LogP contribution in [0.25, 0.3) is 0 Å². The van der Waals surface area contributed by atoms with Crippen LogP contribution in [-0.2, 0) is 4.79 Å². The van der Waals surface area contributed by atoms with E-state index in [-0.39, 0.29) is 0 Å². The summed E-state index contributed by atoms with van der Waals surface area (Å²) in [5, 5.41) is 2.36. The third kappa shape index (κ3) is 7.51. The van der Waals surface area contributed by atoms with Crippen molar-refractivity contribution >= 4 is 5.91 Å². The molecule has 0 bridgehead atoms. The maximum absolute atomic E-state index is 11.9. The number of hydrogen-bond acceptors (Lipinski definition) is 1. The van der Waals surface area contributed by atoms with E-state index in [0.29, 0.717) is 13.0 Å². The molecular weight excluding hydrogens is 157 g/mol. The van der Waals surface area contributed by atoms with Crippen LogP contribution in [0.5, 0.6) is 0 Å². The van der Waals surface area contributed by atoms with Crippen LogP contribution >= 0.6 is 0 Å². The molecule has 1 atom stereocenters. The molecule has 1 unspecified atom stereocenters. The molecule has 12 heavy (non-hydrogen) atoms. The van der Waals surface area contributed by atoms with E-state index in [1.54, 1.807) is 0 Å². The average molecular weight is 177 g/mol. The molecule has 74 valence electrons. The van der Waals surface area contributed by atoms with Crippen LogP contribution in [-0.4, -0.2) is 18.6 Å². The lowest BCUT2D eigenvalue weighted by Crippen LogP contribution is -2.19. The van der Waals surface area contributed by atoms with Gasteiger partial charge in [-0.05, 0) is 0 Å². The fourth-order valence-electron chi connectivity index (χ4n) is 0.564. The average Bonchev–Trinajstić information content (AvgIpc) is 2.42. The lowest BCUT2D eigenvalue weighted by Gasteiger charge is -1.86. The molecule has 1 amide bonds. The third-order valence-corrected chi connectivity index (χ3v) is 0.982. The SMILES string of the molecule is CC.CCC.O=C1NCCC1F. The van der Waals surface area contributed by atoms with Gasteiger partial charge in [-0.25, -0.2) is 4.39 Å². The van der Waals surface area contributed by atoms with Crippen LogP contribution in [0.4, 0.5) is 4.39 Å². The Balaban J connectivity index is 0. The summed E-state index contributed by atoms with van der Waals surface area (Å²) in [4.78, 5) is 10.1. The van der Waals surface area contributed by atoms with Crippen molar-refractivity contribution in [2.75, 3.05) is 6.54 Å². The molecule has 1 saturated heterocycles. The Kier molecular flexibility index (Phi) is 12.1. The lowest BCUT2D eigenvalue weighted by molar-refractivity contribution is -0.123. The van der Waals surface area contributed by atoms with Gasteiger partial charge in [-0.1, -0.05) is 34.1 Å². The summed E-state index contributed by atoms with van der Waals surface area (Å²) in [6.45, 7) is 8.75. The second kappa shape index (κ2) is 10.4. The van der Waals surface area contributed by atoms with E-state index < -0.39 is 12.1 Å². The molecule has 0 aromatic heterocycles. The van der Waals surface area contributed by atoms with E-state index in [1.165, 1.54) is 6.42 Å². The molecule has 0 aromatic rings. The fraction of sp³-hybridized carbons (Fsp3) is 0.889. The largest absolute Gasteiger partial charge is 0.353 e. The van der Waals surface area contributed by atoms with Gasteiger partial charge in [0.15, 0.2) is 6.17 Å². The molecule has 1 aliphatic rings. The summed E-state index contributed by atoms with van der Waals surface area (Å²) in [6.07, 6.45) is 0.360. The van der Waals surface area contributed by atoms with Gasteiger partial charge in [0.25, 0.3) is 5.91 Å². The normalized spacial score (nSPS) is 19.8. The van der Waals surface area contributed by atoms with Crippen molar-refractivity contribution in [2.45, 2.75) is 46.7 Å². The highest BCUT2D eigenvalue weighted by atomic mass is 19.1. The standard InChI is InChI=1S/C4H6FNO.C3H8.C2H6/c5-3-1-2-6-4(3)7;1-3-2;1-2/h3H,1-2H2,(H,6,7);3H2,1-2H3;1-2H3. The van der Waals surface area contributed by atoms with E-state index in [9.17, 15) is 9.18 Å². The molecule has 0 radical (unpaired) electrons. The Morgan fingerprint density at radius 2 is 1.92 bits per heavy atom. The maximum atomic E-state index is 11.9. The van der Waals surface area contributed by atoms with Crippen molar-refractivity contribution in [2.24, 2.45) is 0 Å². The van der Waals surface area contributed by atoms with E-state index in [2.05, 4.69) is 19.2 Å². The van der Waals surface area contributed by atoms with Gasteiger partial charge in [-0.3, -0.25) is 4.79 Å². The molecule has 1 N–H and O–H groups in total. The monoisotopic (exact) mass is 177 g/mol. The maximum Gasteiger partial charge on any atom is 0.254 e. The zero-order valence-corrected chi connectivity index (χ0v) is 8.48. The predicted octanol–water partition coefficient (Wildman–Crippen LogP) is 2.29. The molecule has 1 fully saturated rings. The second-order valence-corrected chi connectivity index (χ2v) is 2.25. The molecule has 0 saturated carbocycles. The van der Waals surface area contributed by atoms with E-state index in [4.69, 9.17) is 0 Å². The highest BCUT2D eigenvalue weighted by Gasteiger charge is 2.22. The summed E-state index contributed by atoms with van der Waals surface area (Å²) in [5.41, 5.74) is 0. The number of alkyl halides is 1. The summed E-state index contributed by atoms with van der Waals surface area (Å²) >= 11 is 0. The quantitative estimate of drug-likeness (QED) is 0.604. The highest BCUT2D eigenvalue weighted by Crippen LogP contribution is 2.01. The van der Waals surface area contributed by atoms with Gasteiger partial charge < -0.3 is 5.32 Å². The minimum Gasteiger partial charge on any atom is -0.353 e. The van der Waals surface area contributed by atoms with E-state index >= 15 is 0 Å². The minimum absolute atomic E-state index is 0.346. The third-order valence-electron chi connectivity index (χ3n) is 0.982. The van der Waals surface area contributed by atoms with E-state index in [1.807, 2.05) is 13.8 Å². The van der Waals surface area contributed by atoms with Gasteiger partial charge in [-0.15, -0.1) is 0 Å². The van der Waals surface area contributed by atoms with Gasteiger partial charge in [0.1, 0.15) is 0 Å². The number of hydrogen-bond donors (Lipinski definition) is 1. The van der Waals surface area contributed by atoms with Crippen molar-refractivity contribution in [3.63, 3.8) is 0 Å². The molecule has 1 heterocycles. The molecule has 1 rings (SSSR count). The Morgan fingerprint density at radius 1 is 1.50 bits per heavy atom. The first kappa shape index (κ1) is 14.0. The van der Waals surface area contributed by atoms with Crippen LogP contribution in [0.3, 0.4) is 0 Å². The first-order chi connectivity index (χ1) is 5.72. The summed E-state index contributed by atoms with van der Waals surface area (Å²) in [6, 6.07) is 0. The first-order valence-corrected chi connectivity index (χ1v) is 4.64. The molecular formula is C9H20FNO. The predicted molar refractivity (Wildman–Crippen MR) is 49.8 cm³/mol. The van der Waals surface area contributed by atoms with Crippen LogP contribution in [0.15, 0.2) is 0 Å². The zero-order valence-electron chi connectivity index (χ0n) is 8.48. The van der Waals surface area contributed by atoms with Crippen LogP contribution in [0.1, 0.15) is 40.5 Å². The number of amides is 1. The summed E-state index contributed by atoms with van der Waals surface area (Å²) in [5.74, 6) is -0.458. The molecule has 3 heteroatoms. The van der Waals surface area contributed by atoms with Crippen LogP contribution in [0.2, 0.25) is 0 Å². The first-order valence-electron chi connectivity index (χ1n) is 4.64. The topological polar surface area (TPSA) is 29.1 Å². The number of carbonyl (C=O) groups excluding carboxylic acids is 1. The molecule has 0 aliphatic carbocycles. The number of carbonyl (C=O) groups is 1. The highest BCUT2D eigenvalue weighted by molar-refractivity contribution is 5.82. The van der Waals surface area contributed by atoms with Crippen LogP contribution in [0, 0.1) is 0 Å². The van der Waals surface area contributed by atoms with Crippen molar-refractivity contribution < 1.29 is 9.18 Å². The van der Waals surface area contributed by atoms with E-state index in [0.717, 1.165) is 0 Å². The molecule has 2 nitrogen and oxygen atoms in total.